The van der Waals surface area contributed by atoms with Crippen LogP contribution in [0.2, 0.25) is 0 Å². The van der Waals surface area contributed by atoms with Crippen LogP contribution in [-0.2, 0) is 6.54 Å². The number of nitrogens with two attached hydrogens (primary N) is 1. The zero-order valence-electron chi connectivity index (χ0n) is 5.82. The van der Waals surface area contributed by atoms with Crippen LogP contribution in [0.15, 0.2) is 18.5 Å². The highest BCUT2D eigenvalue weighted by molar-refractivity contribution is 5.85. The Morgan fingerprint density at radius 1 is 1.55 bits per heavy atom. The molecule has 1 aromatic rings. The molecule has 0 atom stereocenters. The molecule has 0 spiro atoms. The van der Waals surface area contributed by atoms with Crippen LogP contribution in [0.4, 0.5) is 0 Å². The fourth-order valence-corrected chi connectivity index (χ4v) is 0.660. The van der Waals surface area contributed by atoms with Crippen molar-refractivity contribution in [1.29, 1.82) is 5.26 Å². The quantitative estimate of drug-likeness (QED) is 0.678. The van der Waals surface area contributed by atoms with Crippen LogP contribution in [-0.4, -0.2) is 4.98 Å². The molecule has 1 rings (SSSR count). The fraction of sp³-hybridized carbons (Fsp3) is 0.143. The molecule has 0 amide bonds. The van der Waals surface area contributed by atoms with Gasteiger partial charge in [0.25, 0.3) is 0 Å². The van der Waals surface area contributed by atoms with Gasteiger partial charge in [-0.15, -0.1) is 12.4 Å². The molecule has 58 valence electrons. The standard InChI is InChI=1S/C7H7N3.ClH/c8-2-6-1-7(3-9)5-10-4-6;/h1,4-5H,2,8H2;1H. The smallest absolute Gasteiger partial charge is 0.101 e. The maximum Gasteiger partial charge on any atom is 0.101 e. The van der Waals surface area contributed by atoms with E-state index in [9.17, 15) is 0 Å². The zero-order chi connectivity index (χ0) is 7.40. The number of hydrogen-bond acceptors (Lipinski definition) is 3. The SMILES string of the molecule is Cl.N#Cc1cncc(CN)c1. The van der Waals surface area contributed by atoms with Gasteiger partial charge in [0.1, 0.15) is 6.07 Å². The van der Waals surface area contributed by atoms with Crippen molar-refractivity contribution in [3.8, 4) is 6.07 Å². The Balaban J connectivity index is 0.000001000. The normalized spacial score (nSPS) is 8.00. The average molecular weight is 170 g/mol. The molecule has 1 heterocycles. The first-order valence-electron chi connectivity index (χ1n) is 2.91. The first-order valence-corrected chi connectivity index (χ1v) is 2.91. The highest BCUT2D eigenvalue weighted by Gasteiger charge is 1.91. The van der Waals surface area contributed by atoms with Gasteiger partial charge in [0.05, 0.1) is 5.56 Å². The van der Waals surface area contributed by atoms with Gasteiger partial charge in [-0.05, 0) is 11.6 Å². The van der Waals surface area contributed by atoms with E-state index in [2.05, 4.69) is 4.98 Å². The summed E-state index contributed by atoms with van der Waals surface area (Å²) >= 11 is 0. The third-order valence-corrected chi connectivity index (χ3v) is 1.16. The third kappa shape index (κ3) is 2.54. The minimum Gasteiger partial charge on any atom is -0.326 e. The third-order valence-electron chi connectivity index (χ3n) is 1.16. The minimum atomic E-state index is 0. The lowest BCUT2D eigenvalue weighted by atomic mass is 10.2. The van der Waals surface area contributed by atoms with Crippen molar-refractivity contribution in [2.75, 3.05) is 0 Å². The van der Waals surface area contributed by atoms with E-state index < -0.39 is 0 Å². The molecule has 11 heavy (non-hydrogen) atoms. The number of rotatable bonds is 1. The van der Waals surface area contributed by atoms with Crippen LogP contribution in [0.3, 0.4) is 0 Å². The zero-order valence-corrected chi connectivity index (χ0v) is 6.64. The van der Waals surface area contributed by atoms with Crippen molar-refractivity contribution in [2.45, 2.75) is 6.54 Å². The monoisotopic (exact) mass is 169 g/mol. The molecular formula is C7H8ClN3. The molecular weight excluding hydrogens is 162 g/mol. The van der Waals surface area contributed by atoms with Crippen LogP contribution >= 0.6 is 12.4 Å². The molecule has 0 saturated heterocycles. The number of halogens is 1. The summed E-state index contributed by atoms with van der Waals surface area (Å²) in [5.74, 6) is 0. The lowest BCUT2D eigenvalue weighted by molar-refractivity contribution is 1.04. The Hall–Kier alpha value is -1.11. The van der Waals surface area contributed by atoms with E-state index >= 15 is 0 Å². The van der Waals surface area contributed by atoms with Gasteiger partial charge in [0, 0.05) is 18.9 Å². The van der Waals surface area contributed by atoms with Crippen LogP contribution in [0, 0.1) is 11.3 Å². The van der Waals surface area contributed by atoms with Gasteiger partial charge >= 0.3 is 0 Å². The Morgan fingerprint density at radius 2 is 2.27 bits per heavy atom. The second-order valence-corrected chi connectivity index (χ2v) is 1.90. The summed E-state index contributed by atoms with van der Waals surface area (Å²) in [6.07, 6.45) is 3.17. The summed E-state index contributed by atoms with van der Waals surface area (Å²) in [5, 5.41) is 8.43. The molecule has 0 aliphatic heterocycles. The largest absolute Gasteiger partial charge is 0.326 e. The van der Waals surface area contributed by atoms with E-state index in [-0.39, 0.29) is 12.4 Å². The predicted molar refractivity (Wildman–Crippen MR) is 44.1 cm³/mol. The molecule has 0 fully saturated rings. The van der Waals surface area contributed by atoms with E-state index in [1.807, 2.05) is 6.07 Å². The Bertz CT molecular complexity index is 267. The van der Waals surface area contributed by atoms with Crippen molar-refractivity contribution >= 4 is 12.4 Å². The molecule has 0 aliphatic rings. The van der Waals surface area contributed by atoms with Crippen molar-refractivity contribution in [1.82, 2.24) is 4.98 Å². The molecule has 3 nitrogen and oxygen atoms in total. The van der Waals surface area contributed by atoms with E-state index in [4.69, 9.17) is 11.0 Å². The van der Waals surface area contributed by atoms with Crippen LogP contribution in [0.5, 0.6) is 0 Å². The van der Waals surface area contributed by atoms with Gasteiger partial charge in [0.15, 0.2) is 0 Å². The van der Waals surface area contributed by atoms with E-state index in [0.717, 1.165) is 5.56 Å². The second-order valence-electron chi connectivity index (χ2n) is 1.90. The van der Waals surface area contributed by atoms with E-state index in [1.54, 1.807) is 12.3 Å². The number of nitriles is 1. The van der Waals surface area contributed by atoms with Gasteiger partial charge in [0.2, 0.25) is 0 Å². The second kappa shape index (κ2) is 4.67. The summed E-state index contributed by atoms with van der Waals surface area (Å²) in [7, 11) is 0. The number of aromatic nitrogens is 1. The summed E-state index contributed by atoms with van der Waals surface area (Å²) in [6.45, 7) is 0.433. The fourth-order valence-electron chi connectivity index (χ4n) is 0.660. The molecule has 0 bridgehead atoms. The van der Waals surface area contributed by atoms with Crippen LogP contribution in [0.25, 0.3) is 0 Å². The van der Waals surface area contributed by atoms with Gasteiger partial charge in [-0.3, -0.25) is 4.98 Å². The van der Waals surface area contributed by atoms with Gasteiger partial charge < -0.3 is 5.73 Å². The van der Waals surface area contributed by atoms with Gasteiger partial charge in [-0.25, -0.2) is 0 Å². The molecule has 0 radical (unpaired) electrons. The van der Waals surface area contributed by atoms with Gasteiger partial charge in [-0.1, -0.05) is 0 Å². The number of hydrogen-bond donors (Lipinski definition) is 1. The maximum atomic E-state index is 8.43. The molecule has 2 N–H and O–H groups in total. The van der Waals surface area contributed by atoms with Crippen LogP contribution in [0.1, 0.15) is 11.1 Å². The Morgan fingerprint density at radius 3 is 2.82 bits per heavy atom. The molecule has 0 saturated carbocycles. The highest BCUT2D eigenvalue weighted by Crippen LogP contribution is 1.98. The van der Waals surface area contributed by atoms with Crippen molar-refractivity contribution in [3.63, 3.8) is 0 Å². The molecule has 0 aliphatic carbocycles. The van der Waals surface area contributed by atoms with Crippen LogP contribution < -0.4 is 5.73 Å². The Labute approximate surface area is 71.3 Å². The van der Waals surface area contributed by atoms with E-state index in [1.165, 1.54) is 6.20 Å². The first-order chi connectivity index (χ1) is 4.86. The summed E-state index contributed by atoms with van der Waals surface area (Å²) < 4.78 is 0. The minimum absolute atomic E-state index is 0. The summed E-state index contributed by atoms with van der Waals surface area (Å²) in [6, 6.07) is 3.71. The predicted octanol–water partition coefficient (Wildman–Crippen LogP) is 0.834. The topological polar surface area (TPSA) is 62.7 Å². The van der Waals surface area contributed by atoms with Gasteiger partial charge in [-0.2, -0.15) is 5.26 Å². The maximum absolute atomic E-state index is 8.43. The Kier molecular flexibility index (Phi) is 4.20. The lowest BCUT2D eigenvalue weighted by Gasteiger charge is -1.92. The number of pyridine rings is 1. The lowest BCUT2D eigenvalue weighted by Crippen LogP contribution is -1.96. The summed E-state index contributed by atoms with van der Waals surface area (Å²) in [5.41, 5.74) is 6.77. The highest BCUT2D eigenvalue weighted by atomic mass is 35.5. The van der Waals surface area contributed by atoms with Crippen molar-refractivity contribution in [2.24, 2.45) is 5.73 Å². The first kappa shape index (κ1) is 9.89. The molecule has 4 heteroatoms. The van der Waals surface area contributed by atoms with Crippen molar-refractivity contribution in [3.05, 3.63) is 29.6 Å². The molecule has 1 aromatic heterocycles. The average Bonchev–Trinajstić information content (AvgIpc) is 2.05. The molecule has 0 unspecified atom stereocenters. The van der Waals surface area contributed by atoms with Crippen molar-refractivity contribution < 1.29 is 0 Å². The number of nitrogens with zero attached hydrogens (tertiary/aromatic N) is 2. The van der Waals surface area contributed by atoms with E-state index in [0.29, 0.717) is 12.1 Å². The molecule has 0 aromatic carbocycles. The summed E-state index contributed by atoms with van der Waals surface area (Å²) in [4.78, 5) is 3.82.